The van der Waals surface area contributed by atoms with Crippen molar-refractivity contribution in [3.63, 3.8) is 0 Å². The third-order valence-corrected chi connectivity index (χ3v) is 4.42. The Kier molecular flexibility index (Phi) is 4.05. The molecule has 0 aliphatic carbocycles. The Balaban J connectivity index is 1.87. The number of morpholine rings is 1. The Morgan fingerprint density at radius 2 is 2.26 bits per heavy atom. The minimum absolute atomic E-state index is 0.0403. The Morgan fingerprint density at radius 3 is 3.00 bits per heavy atom. The van der Waals surface area contributed by atoms with Gasteiger partial charge in [-0.1, -0.05) is 23.2 Å². The molecule has 1 atom stereocenters. The van der Waals surface area contributed by atoms with Gasteiger partial charge in [0.15, 0.2) is 0 Å². The molecule has 0 saturated carbocycles. The molecule has 1 aromatic heterocycles. The van der Waals surface area contributed by atoms with Gasteiger partial charge in [0.2, 0.25) is 0 Å². The lowest BCUT2D eigenvalue weighted by atomic mass is 10.2. The van der Waals surface area contributed by atoms with Gasteiger partial charge < -0.3 is 10.1 Å². The lowest BCUT2D eigenvalue weighted by Crippen LogP contribution is -2.33. The number of hydrogen-bond acceptors (Lipinski definition) is 4. The van der Waals surface area contributed by atoms with Gasteiger partial charge in [-0.05, 0) is 18.2 Å². The molecule has 6 heteroatoms. The number of halogens is 2. The highest BCUT2D eigenvalue weighted by atomic mass is 35.5. The van der Waals surface area contributed by atoms with Crippen LogP contribution in [0.15, 0.2) is 23.6 Å². The summed E-state index contributed by atoms with van der Waals surface area (Å²) < 4.78 is 5.69. The fraction of sp³-hybridized carbons (Fsp3) is 0.308. The molecule has 3 nitrogen and oxygen atoms in total. The van der Waals surface area contributed by atoms with Crippen molar-refractivity contribution in [3.8, 4) is 11.3 Å². The lowest BCUT2D eigenvalue weighted by Gasteiger charge is -2.21. The molecule has 1 aliphatic heterocycles. The number of benzene rings is 1. The molecule has 3 rings (SSSR count). The minimum Gasteiger partial charge on any atom is -0.368 e. The molecule has 2 heterocycles. The molecule has 1 aliphatic rings. The van der Waals surface area contributed by atoms with E-state index >= 15 is 0 Å². The van der Waals surface area contributed by atoms with Crippen LogP contribution in [0.5, 0.6) is 0 Å². The molecular weight excluding hydrogens is 303 g/mol. The maximum Gasteiger partial charge on any atom is 0.124 e. The molecule has 0 spiro atoms. The summed E-state index contributed by atoms with van der Waals surface area (Å²) in [6.45, 7) is 2.43. The van der Waals surface area contributed by atoms with Crippen LogP contribution in [0.2, 0.25) is 10.0 Å². The lowest BCUT2D eigenvalue weighted by molar-refractivity contribution is 0.0276. The molecule has 1 saturated heterocycles. The minimum atomic E-state index is 0.0403. The van der Waals surface area contributed by atoms with Crippen LogP contribution in [0, 0.1) is 0 Å². The predicted molar refractivity (Wildman–Crippen MR) is 79.1 cm³/mol. The van der Waals surface area contributed by atoms with Gasteiger partial charge in [-0.3, -0.25) is 0 Å². The summed E-state index contributed by atoms with van der Waals surface area (Å²) in [5.74, 6) is 0. The number of ether oxygens (including phenoxy) is 1. The van der Waals surface area contributed by atoms with E-state index in [2.05, 4.69) is 10.3 Å². The van der Waals surface area contributed by atoms with Gasteiger partial charge in [0, 0.05) is 29.1 Å². The second-order valence-corrected chi connectivity index (χ2v) is 5.99. The average Bonchev–Trinajstić information content (AvgIpc) is 2.89. The van der Waals surface area contributed by atoms with Gasteiger partial charge in [0.05, 0.1) is 17.3 Å². The summed E-state index contributed by atoms with van der Waals surface area (Å²) in [5.41, 5.74) is 1.77. The van der Waals surface area contributed by atoms with Crippen molar-refractivity contribution in [1.82, 2.24) is 10.3 Å². The zero-order chi connectivity index (χ0) is 13.2. The van der Waals surface area contributed by atoms with Gasteiger partial charge >= 0.3 is 0 Å². The van der Waals surface area contributed by atoms with E-state index < -0.39 is 0 Å². The van der Waals surface area contributed by atoms with Gasteiger partial charge in [-0.2, -0.15) is 0 Å². The van der Waals surface area contributed by atoms with E-state index in [4.69, 9.17) is 27.9 Å². The van der Waals surface area contributed by atoms with Crippen LogP contribution in [0.3, 0.4) is 0 Å². The van der Waals surface area contributed by atoms with Crippen molar-refractivity contribution in [1.29, 1.82) is 0 Å². The summed E-state index contributed by atoms with van der Waals surface area (Å²) in [5, 5.41) is 7.53. The number of nitrogens with one attached hydrogen (secondary N) is 1. The highest BCUT2D eigenvalue weighted by molar-refractivity contribution is 7.10. The van der Waals surface area contributed by atoms with Crippen LogP contribution >= 0.6 is 34.5 Å². The molecule has 0 bridgehead atoms. The molecule has 19 heavy (non-hydrogen) atoms. The van der Waals surface area contributed by atoms with Crippen molar-refractivity contribution < 1.29 is 4.74 Å². The normalized spacial score (nSPS) is 19.6. The topological polar surface area (TPSA) is 34.1 Å². The summed E-state index contributed by atoms with van der Waals surface area (Å²) in [6.07, 6.45) is 0.0403. The monoisotopic (exact) mass is 314 g/mol. The van der Waals surface area contributed by atoms with E-state index in [1.54, 1.807) is 17.4 Å². The van der Waals surface area contributed by atoms with Crippen molar-refractivity contribution in [2.24, 2.45) is 0 Å². The quantitative estimate of drug-likeness (QED) is 0.916. The average molecular weight is 315 g/mol. The molecule has 100 valence electrons. The Labute approximate surface area is 125 Å². The summed E-state index contributed by atoms with van der Waals surface area (Å²) in [4.78, 5) is 4.62. The molecule has 1 fully saturated rings. The molecule has 1 unspecified atom stereocenters. The van der Waals surface area contributed by atoms with Crippen LogP contribution in [0.25, 0.3) is 11.3 Å². The third-order valence-electron chi connectivity index (χ3n) is 2.93. The zero-order valence-corrected chi connectivity index (χ0v) is 12.4. The van der Waals surface area contributed by atoms with E-state index in [1.807, 2.05) is 17.5 Å². The third kappa shape index (κ3) is 2.93. The van der Waals surface area contributed by atoms with Crippen LogP contribution < -0.4 is 5.32 Å². The number of rotatable bonds is 2. The second-order valence-electron chi connectivity index (χ2n) is 4.26. The Bertz CT molecular complexity index is 582. The van der Waals surface area contributed by atoms with Crippen LogP contribution in [0.1, 0.15) is 11.1 Å². The van der Waals surface area contributed by atoms with Gasteiger partial charge in [-0.25, -0.2) is 4.98 Å². The van der Waals surface area contributed by atoms with Crippen molar-refractivity contribution in [2.75, 3.05) is 19.7 Å². The number of thiazole rings is 1. The van der Waals surface area contributed by atoms with Crippen LogP contribution in [-0.2, 0) is 4.74 Å². The number of hydrogen-bond donors (Lipinski definition) is 1. The zero-order valence-electron chi connectivity index (χ0n) is 10.0. The van der Waals surface area contributed by atoms with Crippen molar-refractivity contribution >= 4 is 34.5 Å². The smallest absolute Gasteiger partial charge is 0.124 e. The molecule has 0 radical (unpaired) electrons. The maximum absolute atomic E-state index is 6.20. The maximum atomic E-state index is 6.20. The molecule has 1 N–H and O–H groups in total. The summed E-state index contributed by atoms with van der Waals surface area (Å²) in [7, 11) is 0. The number of nitrogens with zero attached hydrogens (tertiary/aromatic N) is 1. The predicted octanol–water partition coefficient (Wildman–Crippen LogP) is 3.78. The summed E-state index contributed by atoms with van der Waals surface area (Å²) in [6, 6.07) is 5.44. The Morgan fingerprint density at radius 1 is 1.37 bits per heavy atom. The standard InChI is InChI=1S/C13H12Cl2N2OS/c14-8-1-2-9(10(15)5-8)11-7-19-13(17-11)12-6-16-3-4-18-12/h1-2,5,7,12,16H,3-4,6H2. The first-order chi connectivity index (χ1) is 9.24. The van der Waals surface area contributed by atoms with Gasteiger partial charge in [0.25, 0.3) is 0 Å². The van der Waals surface area contributed by atoms with Crippen LogP contribution in [-0.4, -0.2) is 24.7 Å². The molecular formula is C13H12Cl2N2OS. The first-order valence-corrected chi connectivity index (χ1v) is 7.61. The van der Waals surface area contributed by atoms with Crippen LogP contribution in [0.4, 0.5) is 0 Å². The number of aromatic nitrogens is 1. The van der Waals surface area contributed by atoms with Crippen molar-refractivity contribution in [2.45, 2.75) is 6.10 Å². The fourth-order valence-electron chi connectivity index (χ4n) is 1.98. The largest absolute Gasteiger partial charge is 0.368 e. The highest BCUT2D eigenvalue weighted by Crippen LogP contribution is 2.33. The van der Waals surface area contributed by atoms with Crippen molar-refractivity contribution in [3.05, 3.63) is 38.6 Å². The molecule has 0 amide bonds. The first-order valence-electron chi connectivity index (χ1n) is 5.97. The fourth-order valence-corrected chi connectivity index (χ4v) is 3.35. The van der Waals surface area contributed by atoms with Gasteiger partial charge in [0.1, 0.15) is 11.1 Å². The van der Waals surface area contributed by atoms with E-state index in [0.29, 0.717) is 10.0 Å². The van der Waals surface area contributed by atoms with Gasteiger partial charge in [-0.15, -0.1) is 11.3 Å². The molecule has 1 aromatic carbocycles. The Hall–Kier alpha value is -0.650. The van der Waals surface area contributed by atoms with E-state index in [9.17, 15) is 0 Å². The van der Waals surface area contributed by atoms with E-state index in [1.165, 1.54) is 0 Å². The first kappa shape index (κ1) is 13.3. The molecule has 2 aromatic rings. The highest BCUT2D eigenvalue weighted by Gasteiger charge is 2.19. The van der Waals surface area contributed by atoms with E-state index in [-0.39, 0.29) is 6.10 Å². The summed E-state index contributed by atoms with van der Waals surface area (Å²) >= 11 is 13.7. The van der Waals surface area contributed by atoms with E-state index in [0.717, 1.165) is 36.0 Å². The SMILES string of the molecule is Clc1ccc(-c2csc(C3CNCCO3)n2)c(Cl)c1. The second kappa shape index (κ2) is 5.77.